The maximum atomic E-state index is 6.14. The van der Waals surface area contributed by atoms with Crippen LogP contribution >= 0.6 is 23.2 Å². The van der Waals surface area contributed by atoms with Gasteiger partial charge >= 0.3 is 0 Å². The van der Waals surface area contributed by atoms with E-state index in [9.17, 15) is 0 Å². The first-order valence-corrected chi connectivity index (χ1v) is 6.60. The second kappa shape index (κ2) is 5.56. The number of aromatic nitrogens is 3. The predicted octanol–water partition coefficient (Wildman–Crippen LogP) is 3.59. The molecule has 0 fully saturated rings. The number of halogens is 2. The maximum Gasteiger partial charge on any atom is 0.138 e. The number of furan rings is 1. The van der Waals surface area contributed by atoms with E-state index in [1.165, 1.54) is 0 Å². The summed E-state index contributed by atoms with van der Waals surface area (Å²) in [5.74, 6) is 1.45. The van der Waals surface area contributed by atoms with E-state index < -0.39 is 0 Å². The van der Waals surface area contributed by atoms with Gasteiger partial charge in [0.25, 0.3) is 0 Å². The molecule has 20 heavy (non-hydrogen) atoms. The second-order valence-corrected chi connectivity index (χ2v) is 4.94. The minimum atomic E-state index is 0.510. The van der Waals surface area contributed by atoms with Crippen LogP contribution in [0.5, 0.6) is 0 Å². The van der Waals surface area contributed by atoms with Crippen molar-refractivity contribution in [3.05, 3.63) is 58.8 Å². The smallest absolute Gasteiger partial charge is 0.138 e. The molecule has 7 heteroatoms. The van der Waals surface area contributed by atoms with E-state index in [1.807, 2.05) is 12.1 Å². The normalized spacial score (nSPS) is 10.7. The van der Waals surface area contributed by atoms with Gasteiger partial charge in [-0.15, -0.1) is 10.2 Å². The molecular formula is C13H10Cl2N4O. The molecular weight excluding hydrogens is 299 g/mol. The molecule has 2 aromatic heterocycles. The van der Waals surface area contributed by atoms with Crippen molar-refractivity contribution in [2.75, 3.05) is 5.43 Å². The van der Waals surface area contributed by atoms with Gasteiger partial charge in [-0.1, -0.05) is 23.2 Å². The van der Waals surface area contributed by atoms with Crippen LogP contribution in [0.15, 0.2) is 47.4 Å². The molecule has 0 atom stereocenters. The molecule has 0 aliphatic rings. The van der Waals surface area contributed by atoms with Crippen LogP contribution in [0.1, 0.15) is 5.76 Å². The van der Waals surface area contributed by atoms with Crippen LogP contribution in [0.25, 0.3) is 11.3 Å². The molecule has 5 nitrogen and oxygen atoms in total. The van der Waals surface area contributed by atoms with Gasteiger partial charge < -0.3 is 9.84 Å². The van der Waals surface area contributed by atoms with Gasteiger partial charge in [-0.25, -0.2) is 4.68 Å². The third kappa shape index (κ3) is 2.79. The van der Waals surface area contributed by atoms with E-state index in [4.69, 9.17) is 27.6 Å². The monoisotopic (exact) mass is 308 g/mol. The van der Waals surface area contributed by atoms with E-state index in [0.717, 1.165) is 11.3 Å². The number of nitrogens with one attached hydrogen (secondary N) is 1. The Morgan fingerprint density at radius 3 is 2.70 bits per heavy atom. The molecule has 3 aromatic rings. The van der Waals surface area contributed by atoms with Crippen LogP contribution in [0.3, 0.4) is 0 Å². The lowest BCUT2D eigenvalue weighted by atomic mass is 10.2. The lowest BCUT2D eigenvalue weighted by Gasteiger charge is -2.04. The van der Waals surface area contributed by atoms with Crippen LogP contribution in [0.4, 0.5) is 0 Å². The molecule has 0 unspecified atom stereocenters. The third-order valence-corrected chi connectivity index (χ3v) is 3.27. The van der Waals surface area contributed by atoms with Gasteiger partial charge in [0, 0.05) is 10.6 Å². The molecule has 0 spiro atoms. The summed E-state index contributed by atoms with van der Waals surface area (Å²) in [6, 6.07) is 9.01. The van der Waals surface area contributed by atoms with Crippen LogP contribution in [0, 0.1) is 0 Å². The summed E-state index contributed by atoms with van der Waals surface area (Å²) in [6.45, 7) is 0.510. The number of benzene rings is 1. The minimum absolute atomic E-state index is 0.510. The topological polar surface area (TPSA) is 55.9 Å². The lowest BCUT2D eigenvalue weighted by molar-refractivity contribution is 0.523. The minimum Gasteiger partial charge on any atom is -0.459 e. The average molecular weight is 309 g/mol. The summed E-state index contributed by atoms with van der Waals surface area (Å²) in [6.07, 6.45) is 3.13. The molecule has 0 saturated heterocycles. The first kappa shape index (κ1) is 13.0. The predicted molar refractivity (Wildman–Crippen MR) is 77.3 cm³/mol. The summed E-state index contributed by atoms with van der Waals surface area (Å²) in [5, 5.41) is 8.61. The van der Waals surface area contributed by atoms with Gasteiger partial charge in [-0.3, -0.25) is 0 Å². The zero-order valence-corrected chi connectivity index (χ0v) is 11.8. The summed E-state index contributed by atoms with van der Waals surface area (Å²) in [4.78, 5) is 0. The van der Waals surface area contributed by atoms with E-state index in [0.29, 0.717) is 22.4 Å². The van der Waals surface area contributed by atoms with Crippen LogP contribution < -0.4 is 5.43 Å². The highest BCUT2D eigenvalue weighted by Crippen LogP contribution is 2.31. The Morgan fingerprint density at radius 1 is 1.10 bits per heavy atom. The van der Waals surface area contributed by atoms with Crippen molar-refractivity contribution in [1.29, 1.82) is 0 Å². The van der Waals surface area contributed by atoms with E-state index in [2.05, 4.69) is 15.6 Å². The van der Waals surface area contributed by atoms with E-state index in [-0.39, 0.29) is 0 Å². The zero-order chi connectivity index (χ0) is 13.9. The van der Waals surface area contributed by atoms with Crippen LogP contribution in [-0.4, -0.2) is 14.9 Å². The molecule has 0 aliphatic carbocycles. The van der Waals surface area contributed by atoms with Crippen molar-refractivity contribution < 1.29 is 4.42 Å². The fourth-order valence-electron chi connectivity index (χ4n) is 1.76. The highest BCUT2D eigenvalue weighted by atomic mass is 35.5. The van der Waals surface area contributed by atoms with Crippen LogP contribution in [0.2, 0.25) is 10.0 Å². The first-order valence-electron chi connectivity index (χ1n) is 5.85. The Bertz CT molecular complexity index is 709. The average Bonchev–Trinajstić information content (AvgIpc) is 3.10. The van der Waals surface area contributed by atoms with Gasteiger partial charge in [0.15, 0.2) is 0 Å². The second-order valence-electron chi connectivity index (χ2n) is 4.09. The standard InChI is InChI=1S/C13H10Cl2N4O/c14-9-1-3-12(15)11(5-9)13-4-2-10(20-13)6-18-19-7-16-17-8-19/h1-5,7-8,18H,6H2. The Balaban J connectivity index is 1.77. The van der Waals surface area contributed by atoms with Crippen molar-refractivity contribution in [2.45, 2.75) is 6.54 Å². The molecule has 0 radical (unpaired) electrons. The number of rotatable bonds is 4. The molecule has 0 aliphatic heterocycles. The number of hydrogen-bond acceptors (Lipinski definition) is 4. The first-order chi connectivity index (χ1) is 9.72. The fourth-order valence-corrected chi connectivity index (χ4v) is 2.14. The molecule has 1 N–H and O–H groups in total. The highest BCUT2D eigenvalue weighted by Gasteiger charge is 2.09. The highest BCUT2D eigenvalue weighted by molar-refractivity contribution is 6.35. The molecule has 2 heterocycles. The van der Waals surface area contributed by atoms with Gasteiger partial charge in [0.1, 0.15) is 24.2 Å². The maximum absolute atomic E-state index is 6.14. The summed E-state index contributed by atoms with van der Waals surface area (Å²) < 4.78 is 7.39. The molecule has 102 valence electrons. The Labute approximate surface area is 125 Å². The van der Waals surface area contributed by atoms with Gasteiger partial charge in [0.05, 0.1) is 11.6 Å². The Hall–Kier alpha value is -1.98. The van der Waals surface area contributed by atoms with E-state index in [1.54, 1.807) is 35.5 Å². The van der Waals surface area contributed by atoms with E-state index >= 15 is 0 Å². The Kier molecular flexibility index (Phi) is 3.62. The van der Waals surface area contributed by atoms with Crippen molar-refractivity contribution in [3.8, 4) is 11.3 Å². The number of nitrogens with zero attached hydrogens (tertiary/aromatic N) is 3. The molecule has 1 aromatic carbocycles. The van der Waals surface area contributed by atoms with Gasteiger partial charge in [0.2, 0.25) is 0 Å². The molecule has 3 rings (SSSR count). The molecule has 0 saturated carbocycles. The number of hydrogen-bond donors (Lipinski definition) is 1. The van der Waals surface area contributed by atoms with Crippen molar-refractivity contribution in [1.82, 2.24) is 14.9 Å². The molecule has 0 bridgehead atoms. The third-order valence-electron chi connectivity index (χ3n) is 2.71. The quantitative estimate of drug-likeness (QED) is 0.800. The van der Waals surface area contributed by atoms with Crippen LogP contribution in [-0.2, 0) is 6.54 Å². The summed E-state index contributed by atoms with van der Waals surface area (Å²) in [5.41, 5.74) is 3.84. The Morgan fingerprint density at radius 2 is 1.90 bits per heavy atom. The van der Waals surface area contributed by atoms with Crippen molar-refractivity contribution >= 4 is 23.2 Å². The zero-order valence-electron chi connectivity index (χ0n) is 10.3. The molecule has 0 amide bonds. The van der Waals surface area contributed by atoms with Gasteiger partial charge in [-0.2, -0.15) is 0 Å². The van der Waals surface area contributed by atoms with Crippen molar-refractivity contribution in [2.24, 2.45) is 0 Å². The SMILES string of the molecule is Clc1ccc(Cl)c(-c2ccc(CNn3cnnc3)o2)c1. The summed E-state index contributed by atoms with van der Waals surface area (Å²) in [7, 11) is 0. The summed E-state index contributed by atoms with van der Waals surface area (Å²) >= 11 is 12.1. The van der Waals surface area contributed by atoms with Gasteiger partial charge in [-0.05, 0) is 30.3 Å². The largest absolute Gasteiger partial charge is 0.459 e. The fraction of sp³-hybridized carbons (Fsp3) is 0.0769. The lowest BCUT2D eigenvalue weighted by Crippen LogP contribution is -2.11. The van der Waals surface area contributed by atoms with Crippen molar-refractivity contribution in [3.63, 3.8) is 0 Å².